The smallest absolute Gasteiger partial charge is 0.338 e. The minimum absolute atomic E-state index is 0.200. The Balaban J connectivity index is 1.40. The van der Waals surface area contributed by atoms with E-state index in [9.17, 15) is 4.79 Å². The lowest BCUT2D eigenvalue weighted by Gasteiger charge is -2.51. The van der Waals surface area contributed by atoms with Gasteiger partial charge in [-0.25, -0.2) is 4.79 Å². The Labute approximate surface area is 140 Å². The lowest BCUT2D eigenvalue weighted by molar-refractivity contribution is -0.481. The average Bonchev–Trinajstić information content (AvgIpc) is 2.69. The highest BCUT2D eigenvalue weighted by Gasteiger charge is 2.54. The van der Waals surface area contributed by atoms with Gasteiger partial charge < -0.3 is 18.9 Å². The Morgan fingerprint density at radius 3 is 2.00 bits per heavy atom. The van der Waals surface area contributed by atoms with Crippen LogP contribution in [0, 0.1) is 5.41 Å². The molecule has 3 aliphatic rings. The summed E-state index contributed by atoms with van der Waals surface area (Å²) in [5.41, 5.74) is 0.905. The Hall–Kier alpha value is -2.21. The van der Waals surface area contributed by atoms with E-state index in [-0.39, 0.29) is 12.6 Å². The summed E-state index contributed by atoms with van der Waals surface area (Å²) in [5.74, 6) is -1.48. The van der Waals surface area contributed by atoms with Gasteiger partial charge >= 0.3 is 11.9 Å². The molecule has 0 unspecified atom stereocenters. The van der Waals surface area contributed by atoms with Crippen molar-refractivity contribution >= 4 is 5.97 Å². The first kappa shape index (κ1) is 15.3. The van der Waals surface area contributed by atoms with Gasteiger partial charge in [0.15, 0.2) is 0 Å². The van der Waals surface area contributed by atoms with Crippen molar-refractivity contribution in [3.63, 3.8) is 0 Å². The Morgan fingerprint density at radius 2 is 1.42 bits per heavy atom. The number of hydrogen-bond acceptors (Lipinski definition) is 5. The molecule has 24 heavy (non-hydrogen) atoms. The van der Waals surface area contributed by atoms with E-state index in [0.717, 1.165) is 5.56 Å². The normalized spacial score (nSPS) is 28.5. The zero-order valence-corrected chi connectivity index (χ0v) is 13.1. The molecule has 2 aromatic carbocycles. The van der Waals surface area contributed by atoms with Gasteiger partial charge in [-0.05, 0) is 12.1 Å². The van der Waals surface area contributed by atoms with Crippen LogP contribution in [0.4, 0.5) is 0 Å². The molecule has 0 amide bonds. The summed E-state index contributed by atoms with van der Waals surface area (Å²) in [6, 6.07) is 18.5. The van der Waals surface area contributed by atoms with E-state index in [1.165, 1.54) is 0 Å². The molecule has 5 heteroatoms. The van der Waals surface area contributed by atoms with E-state index in [1.807, 2.05) is 36.4 Å². The Morgan fingerprint density at radius 1 is 0.875 bits per heavy atom. The molecular weight excluding hydrogens is 308 g/mol. The topological polar surface area (TPSA) is 54.0 Å². The van der Waals surface area contributed by atoms with Crippen LogP contribution in [0.25, 0.3) is 0 Å². The van der Waals surface area contributed by atoms with Gasteiger partial charge in [-0.3, -0.25) is 0 Å². The van der Waals surface area contributed by atoms with Gasteiger partial charge in [0.25, 0.3) is 0 Å². The molecule has 0 spiro atoms. The maximum atomic E-state index is 12.1. The molecule has 0 N–H and O–H groups in total. The maximum absolute atomic E-state index is 12.1. The van der Waals surface area contributed by atoms with Crippen LogP contribution in [0.5, 0.6) is 0 Å². The summed E-state index contributed by atoms with van der Waals surface area (Å²) < 4.78 is 23.0. The molecule has 2 aromatic rings. The van der Waals surface area contributed by atoms with E-state index < -0.39 is 11.4 Å². The molecule has 3 heterocycles. The highest BCUT2D eigenvalue weighted by Crippen LogP contribution is 2.44. The molecule has 3 saturated heterocycles. The van der Waals surface area contributed by atoms with Crippen molar-refractivity contribution in [3.8, 4) is 0 Å². The number of esters is 1. The lowest BCUT2D eigenvalue weighted by atomic mass is 9.89. The van der Waals surface area contributed by atoms with E-state index >= 15 is 0 Å². The van der Waals surface area contributed by atoms with Crippen LogP contribution >= 0.6 is 0 Å². The lowest BCUT2D eigenvalue weighted by Crippen LogP contribution is -2.60. The summed E-state index contributed by atoms with van der Waals surface area (Å²) in [5, 5.41) is 0. The monoisotopic (exact) mass is 326 g/mol. The molecule has 3 fully saturated rings. The SMILES string of the molecule is O=C(OCC12COC(c3ccccc3)(OC1)OC2)c1ccccc1. The van der Waals surface area contributed by atoms with Gasteiger partial charge in [-0.1, -0.05) is 48.5 Å². The van der Waals surface area contributed by atoms with Crippen LogP contribution in [-0.4, -0.2) is 32.4 Å². The van der Waals surface area contributed by atoms with Crippen molar-refractivity contribution in [1.29, 1.82) is 0 Å². The summed E-state index contributed by atoms with van der Waals surface area (Å²) in [6.45, 7) is 1.46. The summed E-state index contributed by atoms with van der Waals surface area (Å²) in [4.78, 5) is 12.1. The first-order chi connectivity index (χ1) is 11.7. The number of rotatable bonds is 4. The van der Waals surface area contributed by atoms with E-state index in [1.54, 1.807) is 24.3 Å². The molecule has 2 bridgehead atoms. The maximum Gasteiger partial charge on any atom is 0.338 e. The fourth-order valence-corrected chi connectivity index (χ4v) is 2.89. The third kappa shape index (κ3) is 2.71. The van der Waals surface area contributed by atoms with Crippen molar-refractivity contribution in [3.05, 3.63) is 71.8 Å². The molecule has 5 rings (SSSR count). The van der Waals surface area contributed by atoms with Crippen LogP contribution in [0.1, 0.15) is 15.9 Å². The molecule has 0 atom stereocenters. The second-order valence-electron chi connectivity index (χ2n) is 6.23. The van der Waals surface area contributed by atoms with E-state index in [4.69, 9.17) is 18.9 Å². The molecule has 5 nitrogen and oxygen atoms in total. The summed E-state index contributed by atoms with van der Waals surface area (Å²) >= 11 is 0. The highest BCUT2D eigenvalue weighted by molar-refractivity contribution is 5.89. The summed E-state index contributed by atoms with van der Waals surface area (Å²) in [7, 11) is 0. The predicted octanol–water partition coefficient (Wildman–Crippen LogP) is 2.72. The zero-order valence-electron chi connectivity index (χ0n) is 13.1. The average molecular weight is 326 g/mol. The fourth-order valence-electron chi connectivity index (χ4n) is 2.89. The molecule has 0 saturated carbocycles. The fraction of sp³-hybridized carbons (Fsp3) is 0.316. The largest absolute Gasteiger partial charge is 0.461 e. The number of fused-ring (bicyclic) bond motifs is 3. The second kappa shape index (κ2) is 6.02. The first-order valence-corrected chi connectivity index (χ1v) is 7.91. The second-order valence-corrected chi connectivity index (χ2v) is 6.23. The number of carbonyl (C=O) groups excluding carboxylic acids is 1. The van der Waals surface area contributed by atoms with Crippen LogP contribution < -0.4 is 0 Å². The first-order valence-electron chi connectivity index (χ1n) is 7.91. The van der Waals surface area contributed by atoms with Gasteiger partial charge in [-0.2, -0.15) is 0 Å². The van der Waals surface area contributed by atoms with Gasteiger partial charge in [0, 0.05) is 5.56 Å². The zero-order chi connectivity index (χ0) is 16.5. The van der Waals surface area contributed by atoms with Crippen LogP contribution in [-0.2, 0) is 24.9 Å². The Bertz CT molecular complexity index is 689. The molecule has 0 radical (unpaired) electrons. The number of hydrogen-bond donors (Lipinski definition) is 0. The van der Waals surface area contributed by atoms with E-state index in [0.29, 0.717) is 25.4 Å². The van der Waals surface area contributed by atoms with E-state index in [2.05, 4.69) is 0 Å². The van der Waals surface area contributed by atoms with Crippen molar-refractivity contribution in [2.24, 2.45) is 5.41 Å². The molecular formula is C19H18O5. The number of benzene rings is 2. The summed E-state index contributed by atoms with van der Waals surface area (Å²) in [6.07, 6.45) is 0. The number of ether oxygens (including phenoxy) is 4. The van der Waals surface area contributed by atoms with Crippen LogP contribution in [0.3, 0.4) is 0 Å². The van der Waals surface area contributed by atoms with Gasteiger partial charge in [-0.15, -0.1) is 0 Å². The third-order valence-electron chi connectivity index (χ3n) is 4.35. The predicted molar refractivity (Wildman–Crippen MR) is 85.1 cm³/mol. The molecule has 3 aliphatic heterocycles. The third-order valence-corrected chi connectivity index (χ3v) is 4.35. The minimum Gasteiger partial charge on any atom is -0.461 e. The Kier molecular flexibility index (Phi) is 3.84. The minimum atomic E-state index is -1.13. The van der Waals surface area contributed by atoms with Gasteiger partial charge in [0.1, 0.15) is 6.61 Å². The van der Waals surface area contributed by atoms with Crippen molar-refractivity contribution in [2.45, 2.75) is 5.97 Å². The van der Waals surface area contributed by atoms with Crippen molar-refractivity contribution in [1.82, 2.24) is 0 Å². The molecule has 0 aromatic heterocycles. The molecule has 0 aliphatic carbocycles. The van der Waals surface area contributed by atoms with Gasteiger partial charge in [0.2, 0.25) is 0 Å². The quantitative estimate of drug-likeness (QED) is 0.809. The molecule has 124 valence electrons. The van der Waals surface area contributed by atoms with Crippen LogP contribution in [0.2, 0.25) is 0 Å². The van der Waals surface area contributed by atoms with Crippen LogP contribution in [0.15, 0.2) is 60.7 Å². The van der Waals surface area contributed by atoms with Crippen molar-refractivity contribution in [2.75, 3.05) is 26.4 Å². The highest BCUT2D eigenvalue weighted by atomic mass is 16.9. The van der Waals surface area contributed by atoms with Crippen molar-refractivity contribution < 1.29 is 23.7 Å². The van der Waals surface area contributed by atoms with Gasteiger partial charge in [0.05, 0.1) is 30.8 Å². The number of carbonyl (C=O) groups is 1. The standard InChI is InChI=1S/C19H18O5/c20-17(15-7-3-1-4-8-15)21-11-18-12-22-19(23-13-18,24-14-18)16-9-5-2-6-10-16/h1-10H,11-14H2.